The van der Waals surface area contributed by atoms with Gasteiger partial charge in [-0.3, -0.25) is 4.79 Å². The quantitative estimate of drug-likeness (QED) is 0.742. The number of carbonyl (C=O) groups excluding carboxylic acids is 1. The van der Waals surface area contributed by atoms with Gasteiger partial charge in [-0.05, 0) is 25.3 Å². The Morgan fingerprint density at radius 2 is 2.00 bits per heavy atom. The lowest BCUT2D eigenvalue weighted by Crippen LogP contribution is -2.43. The standard InChI is InChI=1S/C14H29N3O/c1-13(2)6-10-16(3)14(18)5-4-9-17-11-7-15-8-12-17/h13,15H,4-12H2,1-3H3. The van der Waals surface area contributed by atoms with E-state index in [0.29, 0.717) is 18.2 Å². The highest BCUT2D eigenvalue weighted by atomic mass is 16.2. The maximum absolute atomic E-state index is 11.9. The van der Waals surface area contributed by atoms with Crippen molar-refractivity contribution in [2.24, 2.45) is 5.92 Å². The van der Waals surface area contributed by atoms with Crippen LogP contribution in [-0.2, 0) is 4.79 Å². The molecule has 0 atom stereocenters. The van der Waals surface area contributed by atoms with Gasteiger partial charge in [0.15, 0.2) is 0 Å². The van der Waals surface area contributed by atoms with Crippen LogP contribution in [0, 0.1) is 5.92 Å². The van der Waals surface area contributed by atoms with Crippen molar-refractivity contribution in [3.63, 3.8) is 0 Å². The number of hydrogen-bond acceptors (Lipinski definition) is 3. The van der Waals surface area contributed by atoms with Gasteiger partial charge in [0.2, 0.25) is 5.91 Å². The molecule has 0 saturated carbocycles. The monoisotopic (exact) mass is 255 g/mol. The summed E-state index contributed by atoms with van der Waals surface area (Å²) in [6, 6.07) is 0. The van der Waals surface area contributed by atoms with E-state index in [9.17, 15) is 4.79 Å². The first-order chi connectivity index (χ1) is 8.59. The van der Waals surface area contributed by atoms with Gasteiger partial charge in [0, 0.05) is 46.2 Å². The Morgan fingerprint density at radius 3 is 2.61 bits per heavy atom. The van der Waals surface area contributed by atoms with Crippen molar-refractivity contribution >= 4 is 5.91 Å². The molecule has 0 aromatic rings. The van der Waals surface area contributed by atoms with Crippen LogP contribution in [-0.4, -0.2) is 62.0 Å². The summed E-state index contributed by atoms with van der Waals surface area (Å²) in [6.45, 7) is 10.8. The molecule has 0 unspecified atom stereocenters. The van der Waals surface area contributed by atoms with Crippen molar-refractivity contribution in [1.82, 2.24) is 15.1 Å². The van der Waals surface area contributed by atoms with Crippen LogP contribution in [0.3, 0.4) is 0 Å². The molecule has 1 aliphatic rings. The first-order valence-corrected chi connectivity index (χ1v) is 7.26. The molecular weight excluding hydrogens is 226 g/mol. The second-order valence-electron chi connectivity index (χ2n) is 5.69. The van der Waals surface area contributed by atoms with Gasteiger partial charge in [-0.2, -0.15) is 0 Å². The van der Waals surface area contributed by atoms with Crippen LogP contribution in [0.25, 0.3) is 0 Å². The molecule has 1 saturated heterocycles. The molecule has 1 rings (SSSR count). The van der Waals surface area contributed by atoms with E-state index in [1.807, 2.05) is 11.9 Å². The summed E-state index contributed by atoms with van der Waals surface area (Å²) in [4.78, 5) is 16.2. The van der Waals surface area contributed by atoms with Crippen molar-refractivity contribution in [2.45, 2.75) is 33.1 Å². The lowest BCUT2D eigenvalue weighted by atomic mass is 10.1. The van der Waals surface area contributed by atoms with Gasteiger partial charge in [-0.25, -0.2) is 0 Å². The van der Waals surface area contributed by atoms with E-state index < -0.39 is 0 Å². The molecule has 1 amide bonds. The zero-order chi connectivity index (χ0) is 13.4. The van der Waals surface area contributed by atoms with E-state index in [1.165, 1.54) is 0 Å². The van der Waals surface area contributed by atoms with Crippen LogP contribution in [0.4, 0.5) is 0 Å². The van der Waals surface area contributed by atoms with Gasteiger partial charge in [0.05, 0.1) is 0 Å². The Hall–Kier alpha value is -0.610. The first kappa shape index (κ1) is 15.4. The minimum Gasteiger partial charge on any atom is -0.346 e. The number of nitrogens with zero attached hydrogens (tertiary/aromatic N) is 2. The van der Waals surface area contributed by atoms with E-state index in [-0.39, 0.29) is 0 Å². The zero-order valence-corrected chi connectivity index (χ0v) is 12.2. The van der Waals surface area contributed by atoms with Crippen LogP contribution in [0.5, 0.6) is 0 Å². The Labute approximate surface area is 112 Å². The number of amides is 1. The van der Waals surface area contributed by atoms with Gasteiger partial charge in [0.25, 0.3) is 0 Å². The third-order valence-electron chi connectivity index (χ3n) is 3.54. The van der Waals surface area contributed by atoms with Crippen molar-refractivity contribution in [1.29, 1.82) is 0 Å². The van der Waals surface area contributed by atoms with Crippen LogP contribution in [0.2, 0.25) is 0 Å². The molecule has 0 aliphatic carbocycles. The molecule has 1 aliphatic heterocycles. The summed E-state index contributed by atoms with van der Waals surface area (Å²) in [5.74, 6) is 0.965. The fourth-order valence-electron chi connectivity index (χ4n) is 2.16. The zero-order valence-electron chi connectivity index (χ0n) is 12.2. The van der Waals surface area contributed by atoms with Crippen LogP contribution in [0.1, 0.15) is 33.1 Å². The smallest absolute Gasteiger partial charge is 0.222 e. The van der Waals surface area contributed by atoms with Gasteiger partial charge < -0.3 is 15.1 Å². The largest absolute Gasteiger partial charge is 0.346 e. The highest BCUT2D eigenvalue weighted by Crippen LogP contribution is 2.04. The minimum absolute atomic E-state index is 0.297. The minimum atomic E-state index is 0.297. The Morgan fingerprint density at radius 1 is 1.33 bits per heavy atom. The SMILES string of the molecule is CC(C)CCN(C)C(=O)CCCN1CCNCC1. The van der Waals surface area contributed by atoms with E-state index in [1.54, 1.807) is 0 Å². The lowest BCUT2D eigenvalue weighted by Gasteiger charge is -2.27. The molecular formula is C14H29N3O. The fraction of sp³-hybridized carbons (Fsp3) is 0.929. The number of hydrogen-bond donors (Lipinski definition) is 1. The van der Waals surface area contributed by atoms with Gasteiger partial charge >= 0.3 is 0 Å². The maximum Gasteiger partial charge on any atom is 0.222 e. The van der Waals surface area contributed by atoms with Gasteiger partial charge in [-0.1, -0.05) is 13.8 Å². The van der Waals surface area contributed by atoms with Gasteiger partial charge in [-0.15, -0.1) is 0 Å². The molecule has 0 radical (unpaired) electrons. The second kappa shape index (κ2) is 8.48. The summed E-state index contributed by atoms with van der Waals surface area (Å²) in [6.07, 6.45) is 2.78. The topological polar surface area (TPSA) is 35.6 Å². The summed E-state index contributed by atoms with van der Waals surface area (Å²) in [7, 11) is 1.93. The molecule has 1 heterocycles. The number of piperazine rings is 1. The lowest BCUT2D eigenvalue weighted by molar-refractivity contribution is -0.130. The van der Waals surface area contributed by atoms with Crippen molar-refractivity contribution < 1.29 is 4.79 Å². The molecule has 0 spiro atoms. The molecule has 18 heavy (non-hydrogen) atoms. The third kappa shape index (κ3) is 6.36. The Bertz CT molecular complexity index is 237. The highest BCUT2D eigenvalue weighted by molar-refractivity contribution is 5.75. The summed E-state index contributed by atoms with van der Waals surface area (Å²) in [5, 5.41) is 3.34. The average Bonchev–Trinajstić information content (AvgIpc) is 2.37. The molecule has 106 valence electrons. The number of nitrogens with one attached hydrogen (secondary N) is 1. The third-order valence-corrected chi connectivity index (χ3v) is 3.54. The first-order valence-electron chi connectivity index (χ1n) is 7.26. The molecule has 0 aromatic carbocycles. The van der Waals surface area contributed by atoms with E-state index in [4.69, 9.17) is 0 Å². The predicted molar refractivity (Wildman–Crippen MR) is 75.6 cm³/mol. The molecule has 1 N–H and O–H groups in total. The van der Waals surface area contributed by atoms with Crippen molar-refractivity contribution in [3.05, 3.63) is 0 Å². The summed E-state index contributed by atoms with van der Waals surface area (Å²) >= 11 is 0. The predicted octanol–water partition coefficient (Wildman–Crippen LogP) is 1.18. The Balaban J connectivity index is 2.08. The summed E-state index contributed by atoms with van der Waals surface area (Å²) in [5.41, 5.74) is 0. The van der Waals surface area contributed by atoms with E-state index >= 15 is 0 Å². The molecule has 0 aromatic heterocycles. The molecule has 1 fully saturated rings. The second-order valence-corrected chi connectivity index (χ2v) is 5.69. The number of rotatable bonds is 7. The van der Waals surface area contributed by atoms with E-state index in [0.717, 1.165) is 52.1 Å². The van der Waals surface area contributed by atoms with E-state index in [2.05, 4.69) is 24.1 Å². The average molecular weight is 255 g/mol. The van der Waals surface area contributed by atoms with Crippen LogP contribution < -0.4 is 5.32 Å². The normalized spacial score (nSPS) is 17.1. The summed E-state index contributed by atoms with van der Waals surface area (Å²) < 4.78 is 0. The molecule has 4 heteroatoms. The van der Waals surface area contributed by atoms with Gasteiger partial charge in [0.1, 0.15) is 0 Å². The maximum atomic E-state index is 11.9. The van der Waals surface area contributed by atoms with Crippen molar-refractivity contribution in [2.75, 3.05) is 46.3 Å². The van der Waals surface area contributed by atoms with Crippen LogP contribution >= 0.6 is 0 Å². The highest BCUT2D eigenvalue weighted by Gasteiger charge is 2.12. The fourth-order valence-corrected chi connectivity index (χ4v) is 2.16. The molecule has 4 nitrogen and oxygen atoms in total. The molecule has 0 bridgehead atoms. The van der Waals surface area contributed by atoms with Crippen LogP contribution in [0.15, 0.2) is 0 Å². The Kier molecular flexibility index (Phi) is 7.28. The number of carbonyl (C=O) groups is 1. The van der Waals surface area contributed by atoms with Crippen molar-refractivity contribution in [3.8, 4) is 0 Å².